The van der Waals surface area contributed by atoms with Gasteiger partial charge < -0.3 is 15.1 Å². The zero-order valence-corrected chi connectivity index (χ0v) is 21.5. The van der Waals surface area contributed by atoms with E-state index in [0.717, 1.165) is 43.1 Å². The molecule has 2 aromatic rings. The minimum atomic E-state index is -4.87. The van der Waals surface area contributed by atoms with E-state index in [2.05, 4.69) is 15.2 Å². The zero-order valence-electron chi connectivity index (χ0n) is 20.7. The van der Waals surface area contributed by atoms with Gasteiger partial charge in [-0.15, -0.1) is 0 Å². The molecule has 3 fully saturated rings. The Morgan fingerprint density at radius 3 is 2.49 bits per heavy atom. The lowest BCUT2D eigenvalue weighted by Gasteiger charge is -2.43. The fourth-order valence-electron chi connectivity index (χ4n) is 5.34. The molecule has 0 radical (unpaired) electrons. The Balaban J connectivity index is 1.45. The van der Waals surface area contributed by atoms with Gasteiger partial charge in [0.25, 0.3) is 11.8 Å². The molecular weight excluding hydrogens is 536 g/mol. The highest BCUT2D eigenvalue weighted by atomic mass is 32.1. The number of rotatable bonds is 6. The molecule has 2 aliphatic heterocycles. The van der Waals surface area contributed by atoms with E-state index in [4.69, 9.17) is 17.5 Å². The van der Waals surface area contributed by atoms with Crippen LogP contribution >= 0.6 is 12.2 Å². The van der Waals surface area contributed by atoms with E-state index in [9.17, 15) is 27.2 Å². The number of pyridine rings is 1. The lowest BCUT2D eigenvalue weighted by molar-refractivity contribution is -0.138. The minimum Gasteiger partial charge on any atom is -0.351 e. The molecule has 0 bridgehead atoms. The van der Waals surface area contributed by atoms with E-state index in [1.165, 1.54) is 23.1 Å². The summed E-state index contributed by atoms with van der Waals surface area (Å²) in [4.78, 5) is 34.7. The van der Waals surface area contributed by atoms with Crippen molar-refractivity contribution in [3.05, 3.63) is 53.1 Å². The fraction of sp³-hybridized carbons (Fsp3) is 0.423. The number of nitrogens with one attached hydrogen (secondary N) is 1. The average Bonchev–Trinajstić information content (AvgIpc) is 3.47. The van der Waals surface area contributed by atoms with Crippen molar-refractivity contribution in [1.82, 2.24) is 15.2 Å². The lowest BCUT2D eigenvalue weighted by atomic mass is 9.75. The van der Waals surface area contributed by atoms with Gasteiger partial charge in [0.15, 0.2) is 10.8 Å². The number of nitriles is 1. The molecule has 1 N–H and O–H groups in total. The van der Waals surface area contributed by atoms with Crippen molar-refractivity contribution in [3.63, 3.8) is 0 Å². The molecular formula is C26H24F4N6O2S. The van der Waals surface area contributed by atoms with Crippen LogP contribution in [0.5, 0.6) is 0 Å². The highest BCUT2D eigenvalue weighted by Gasteiger charge is 2.60. The molecule has 1 aromatic heterocycles. The predicted octanol–water partition coefficient (Wildman–Crippen LogP) is 4.00. The second-order valence-corrected chi connectivity index (χ2v) is 10.2. The summed E-state index contributed by atoms with van der Waals surface area (Å²) in [6.45, 7) is 2.90. The van der Waals surface area contributed by atoms with Gasteiger partial charge >= 0.3 is 6.18 Å². The molecule has 2 amide bonds. The van der Waals surface area contributed by atoms with E-state index >= 15 is 0 Å². The second kappa shape index (κ2) is 10.2. The van der Waals surface area contributed by atoms with Crippen molar-refractivity contribution in [2.24, 2.45) is 0 Å². The van der Waals surface area contributed by atoms with Gasteiger partial charge in [-0.25, -0.2) is 9.37 Å². The normalized spacial score (nSPS) is 18.9. The first-order valence-corrected chi connectivity index (χ1v) is 12.9. The van der Waals surface area contributed by atoms with Gasteiger partial charge in [0.05, 0.1) is 23.0 Å². The molecule has 0 atom stereocenters. The van der Waals surface area contributed by atoms with Crippen molar-refractivity contribution in [3.8, 4) is 6.07 Å². The van der Waals surface area contributed by atoms with Crippen LogP contribution in [0.25, 0.3) is 0 Å². The third-order valence-electron chi connectivity index (χ3n) is 7.50. The van der Waals surface area contributed by atoms with Gasteiger partial charge in [-0.05, 0) is 81.7 Å². The second-order valence-electron chi connectivity index (χ2n) is 9.81. The molecule has 39 heavy (non-hydrogen) atoms. The Kier molecular flexibility index (Phi) is 7.02. The van der Waals surface area contributed by atoms with Crippen molar-refractivity contribution in [2.75, 3.05) is 36.0 Å². The number of carbonyl (C=O) groups is 2. The number of carbonyl (C=O) groups excluding carboxylic acids is 2. The number of benzene rings is 1. The number of likely N-dealkylation sites (tertiary alicyclic amines) is 1. The summed E-state index contributed by atoms with van der Waals surface area (Å²) in [5, 5.41) is 11.7. The Bertz CT molecular complexity index is 1380. The Hall–Kier alpha value is -3.63. The van der Waals surface area contributed by atoms with Gasteiger partial charge in [0, 0.05) is 18.8 Å². The van der Waals surface area contributed by atoms with E-state index in [0.29, 0.717) is 38.4 Å². The molecule has 1 aliphatic carbocycles. The summed E-state index contributed by atoms with van der Waals surface area (Å²) in [7, 11) is 0. The maximum Gasteiger partial charge on any atom is 0.419 e. The number of halogens is 4. The maximum atomic E-state index is 14.7. The first kappa shape index (κ1) is 27.0. The topological polar surface area (TPSA) is 92.6 Å². The summed E-state index contributed by atoms with van der Waals surface area (Å²) >= 11 is 5.58. The SMILES string of the molecule is N#Cc1ncc(N2C(=O)C3(CCC3)N(c3ccc(F)c(C(=O)NCCN4CCCC4)c3)C2=S)cc1C(F)(F)F. The summed E-state index contributed by atoms with van der Waals surface area (Å²) in [5.74, 6) is -1.91. The van der Waals surface area contributed by atoms with Crippen LogP contribution in [0.15, 0.2) is 30.5 Å². The quantitative estimate of drug-likeness (QED) is 0.422. The number of anilines is 2. The highest BCUT2D eigenvalue weighted by molar-refractivity contribution is 7.81. The molecule has 8 nitrogen and oxygen atoms in total. The van der Waals surface area contributed by atoms with Crippen LogP contribution in [0.3, 0.4) is 0 Å². The van der Waals surface area contributed by atoms with Crippen LogP contribution in [0.4, 0.5) is 28.9 Å². The predicted molar refractivity (Wildman–Crippen MR) is 138 cm³/mol. The van der Waals surface area contributed by atoms with Crippen molar-refractivity contribution in [2.45, 2.75) is 43.8 Å². The number of alkyl halides is 3. The first-order chi connectivity index (χ1) is 18.6. The molecule has 2 saturated heterocycles. The smallest absolute Gasteiger partial charge is 0.351 e. The lowest BCUT2D eigenvalue weighted by Crippen LogP contribution is -2.55. The van der Waals surface area contributed by atoms with Gasteiger partial charge in [-0.3, -0.25) is 14.5 Å². The largest absolute Gasteiger partial charge is 0.419 e. The van der Waals surface area contributed by atoms with Crippen LogP contribution in [0.1, 0.15) is 53.7 Å². The molecule has 1 spiro atoms. The first-order valence-electron chi connectivity index (χ1n) is 12.5. The summed E-state index contributed by atoms with van der Waals surface area (Å²) in [5.41, 5.74) is -3.46. The number of nitrogens with zero attached hydrogens (tertiary/aromatic N) is 5. The molecule has 13 heteroatoms. The standard InChI is InChI=1S/C26H24F4N6O2S/c27-20-5-4-16(12-18(20)22(37)32-8-11-34-9-1-2-10-34)36-24(39)35(23(38)25(36)6-3-7-25)17-13-19(26(28,29)30)21(14-31)33-15-17/h4-5,12-13,15H,1-3,6-11H2,(H,32,37). The third kappa shape index (κ3) is 4.72. The van der Waals surface area contributed by atoms with E-state index in [1.807, 2.05) is 0 Å². The number of aromatic nitrogens is 1. The monoisotopic (exact) mass is 560 g/mol. The van der Waals surface area contributed by atoms with Gasteiger partial charge in [-0.2, -0.15) is 18.4 Å². The van der Waals surface area contributed by atoms with Crippen LogP contribution < -0.4 is 15.1 Å². The average molecular weight is 561 g/mol. The van der Waals surface area contributed by atoms with Crippen LogP contribution in [0.2, 0.25) is 0 Å². The van der Waals surface area contributed by atoms with Crippen LogP contribution in [-0.4, -0.2) is 58.5 Å². The number of thiocarbonyl (C=S) groups is 1. The van der Waals surface area contributed by atoms with Gasteiger partial charge in [0.1, 0.15) is 17.4 Å². The molecule has 1 aromatic carbocycles. The molecule has 5 rings (SSSR count). The minimum absolute atomic E-state index is 0.119. The van der Waals surface area contributed by atoms with Crippen molar-refractivity contribution in [1.29, 1.82) is 5.26 Å². The number of hydrogen-bond acceptors (Lipinski definition) is 6. The fourth-order valence-corrected chi connectivity index (χ4v) is 5.81. The molecule has 3 heterocycles. The molecule has 1 saturated carbocycles. The highest BCUT2D eigenvalue weighted by Crippen LogP contribution is 2.48. The summed E-state index contributed by atoms with van der Waals surface area (Å²) < 4.78 is 55.5. The van der Waals surface area contributed by atoms with Crippen molar-refractivity contribution < 1.29 is 27.2 Å². The van der Waals surface area contributed by atoms with Crippen molar-refractivity contribution >= 4 is 40.5 Å². The van der Waals surface area contributed by atoms with Crippen LogP contribution in [-0.2, 0) is 11.0 Å². The van der Waals surface area contributed by atoms with E-state index in [1.54, 1.807) is 0 Å². The number of hydrogen-bond donors (Lipinski definition) is 1. The molecule has 3 aliphatic rings. The summed E-state index contributed by atoms with van der Waals surface area (Å²) in [6.07, 6.45) is -0.261. The Morgan fingerprint density at radius 2 is 1.87 bits per heavy atom. The Labute approximate surface area is 227 Å². The maximum absolute atomic E-state index is 14.7. The summed E-state index contributed by atoms with van der Waals surface area (Å²) in [6, 6.07) is 5.89. The third-order valence-corrected chi connectivity index (χ3v) is 7.87. The van der Waals surface area contributed by atoms with Gasteiger partial charge in [0.2, 0.25) is 0 Å². The number of amides is 2. The van der Waals surface area contributed by atoms with Crippen LogP contribution in [0, 0.1) is 17.1 Å². The zero-order chi connectivity index (χ0) is 27.9. The molecule has 0 unspecified atom stereocenters. The molecule has 204 valence electrons. The van der Waals surface area contributed by atoms with E-state index in [-0.39, 0.29) is 22.1 Å². The Morgan fingerprint density at radius 1 is 1.15 bits per heavy atom. The van der Waals surface area contributed by atoms with Gasteiger partial charge in [-0.1, -0.05) is 0 Å². The van der Waals surface area contributed by atoms with E-state index < -0.39 is 40.6 Å².